The first kappa shape index (κ1) is 23.7. The summed E-state index contributed by atoms with van der Waals surface area (Å²) in [4.78, 5) is 0. The lowest BCUT2D eigenvalue weighted by Crippen LogP contribution is -2.37. The largest absolute Gasteiger partial charge is 0.204 e. The first-order valence-corrected chi connectivity index (χ1v) is 12.7. The van der Waals surface area contributed by atoms with E-state index >= 15 is 0 Å². The number of rotatable bonds is 10. The lowest BCUT2D eigenvalue weighted by molar-refractivity contribution is 0.0378. The zero-order valence-corrected chi connectivity index (χ0v) is 19.0. The quantitative estimate of drug-likeness (QED) is 0.260. The second kappa shape index (κ2) is 11.6. The monoisotopic (exact) mass is 422 g/mol. The van der Waals surface area contributed by atoms with Gasteiger partial charge in [-0.1, -0.05) is 64.7 Å². The van der Waals surface area contributed by atoms with Crippen LogP contribution in [-0.2, 0) is 6.42 Å². The molecular formula is C27H41F3. The molecule has 0 nitrogen and oxygen atoms in total. The topological polar surface area (TPSA) is 0 Å². The Kier molecular flexibility index (Phi) is 9.13. The molecule has 0 aromatic heterocycles. The molecule has 2 fully saturated rings. The van der Waals surface area contributed by atoms with Crippen LogP contribution in [0.1, 0.15) is 115 Å². The first-order valence-electron chi connectivity index (χ1n) is 12.7. The molecule has 0 unspecified atom stereocenters. The molecule has 2 aliphatic carbocycles. The minimum Gasteiger partial charge on any atom is -0.204 e. The fourth-order valence-electron chi connectivity index (χ4n) is 6.30. The van der Waals surface area contributed by atoms with E-state index < -0.39 is 17.5 Å². The third-order valence-electron chi connectivity index (χ3n) is 8.24. The summed E-state index contributed by atoms with van der Waals surface area (Å²) >= 11 is 0. The van der Waals surface area contributed by atoms with Crippen molar-refractivity contribution < 1.29 is 13.2 Å². The lowest BCUT2D eigenvalue weighted by atomic mass is 9.58. The maximum absolute atomic E-state index is 13.7. The van der Waals surface area contributed by atoms with E-state index in [0.717, 1.165) is 18.3 Å². The molecule has 170 valence electrons. The fraction of sp³-hybridized carbons (Fsp3) is 0.778. The van der Waals surface area contributed by atoms with Crippen LogP contribution in [0.25, 0.3) is 0 Å². The van der Waals surface area contributed by atoms with Crippen LogP contribution in [-0.4, -0.2) is 0 Å². The molecular weight excluding hydrogens is 381 g/mol. The minimum atomic E-state index is -1.35. The van der Waals surface area contributed by atoms with Crippen LogP contribution in [0, 0.1) is 34.7 Å². The molecule has 0 saturated heterocycles. The van der Waals surface area contributed by atoms with Crippen molar-refractivity contribution >= 4 is 0 Å². The number of aryl methyl sites for hydroxylation is 1. The summed E-state index contributed by atoms with van der Waals surface area (Å²) in [5.74, 6) is -1.83. The van der Waals surface area contributed by atoms with Gasteiger partial charge < -0.3 is 0 Å². The van der Waals surface area contributed by atoms with Crippen molar-refractivity contribution in [1.82, 2.24) is 0 Å². The van der Waals surface area contributed by atoms with E-state index in [1.807, 2.05) is 0 Å². The molecule has 3 heteroatoms. The number of hydrogen-bond donors (Lipinski definition) is 0. The van der Waals surface area contributed by atoms with Crippen molar-refractivity contribution in [3.8, 4) is 0 Å². The minimum absolute atomic E-state index is 0.320. The third-order valence-corrected chi connectivity index (χ3v) is 8.24. The maximum Gasteiger partial charge on any atom is 0.194 e. The highest BCUT2D eigenvalue weighted by Gasteiger charge is 2.41. The molecule has 0 spiro atoms. The fourth-order valence-corrected chi connectivity index (χ4v) is 6.30. The van der Waals surface area contributed by atoms with Gasteiger partial charge in [0.1, 0.15) is 0 Å². The zero-order chi connectivity index (χ0) is 21.4. The predicted octanol–water partition coefficient (Wildman–Crippen LogP) is 9.15. The molecule has 0 bridgehead atoms. The van der Waals surface area contributed by atoms with Gasteiger partial charge in [-0.15, -0.1) is 0 Å². The number of unbranched alkanes of at least 4 members (excludes halogenated alkanes) is 4. The molecule has 1 aromatic carbocycles. The summed E-state index contributed by atoms with van der Waals surface area (Å²) in [7, 11) is 0. The zero-order valence-electron chi connectivity index (χ0n) is 19.0. The first-order chi connectivity index (χ1) is 14.5. The van der Waals surface area contributed by atoms with Crippen LogP contribution in [0.2, 0.25) is 0 Å². The van der Waals surface area contributed by atoms with E-state index in [9.17, 15) is 13.2 Å². The Bertz CT molecular complexity index is 617. The standard InChI is InChI=1S/C27H41F3/c1-2-3-4-5-7-10-21-13-16-27(17-14-21,23-11-8-6-9-12-23)18-15-22-19-24(28)26(30)25(29)20-22/h19-21,23H,2-18H2,1H3. The smallest absolute Gasteiger partial charge is 0.194 e. The Morgan fingerprint density at radius 3 is 2.10 bits per heavy atom. The average Bonchev–Trinajstić information content (AvgIpc) is 2.77. The molecule has 0 N–H and O–H groups in total. The van der Waals surface area contributed by atoms with Crippen LogP contribution < -0.4 is 0 Å². The van der Waals surface area contributed by atoms with E-state index in [1.165, 1.54) is 108 Å². The summed E-state index contributed by atoms with van der Waals surface area (Å²) in [5, 5.41) is 0. The molecule has 0 amide bonds. The molecule has 3 rings (SSSR count). The Labute approximate surface area is 182 Å². The summed E-state index contributed by atoms with van der Waals surface area (Å²) in [6.45, 7) is 2.26. The van der Waals surface area contributed by atoms with Gasteiger partial charge in [-0.25, -0.2) is 13.2 Å². The van der Waals surface area contributed by atoms with E-state index in [2.05, 4.69) is 6.92 Å². The van der Waals surface area contributed by atoms with Crippen LogP contribution in [0.3, 0.4) is 0 Å². The van der Waals surface area contributed by atoms with Crippen LogP contribution in [0.4, 0.5) is 13.2 Å². The summed E-state index contributed by atoms with van der Waals surface area (Å²) in [5.41, 5.74) is 0.931. The maximum atomic E-state index is 13.7. The van der Waals surface area contributed by atoms with Gasteiger partial charge in [0, 0.05) is 0 Å². The number of benzene rings is 1. The SMILES string of the molecule is CCCCCCCC1CCC(CCc2cc(F)c(F)c(F)c2)(C2CCCCC2)CC1. The Hall–Kier alpha value is -0.990. The van der Waals surface area contributed by atoms with Crippen molar-refractivity contribution in [3.63, 3.8) is 0 Å². The molecule has 2 saturated carbocycles. The van der Waals surface area contributed by atoms with Gasteiger partial charge >= 0.3 is 0 Å². The van der Waals surface area contributed by atoms with Crippen molar-refractivity contribution in [1.29, 1.82) is 0 Å². The molecule has 1 aromatic rings. The van der Waals surface area contributed by atoms with Crippen molar-refractivity contribution in [2.45, 2.75) is 116 Å². The van der Waals surface area contributed by atoms with Gasteiger partial charge in [-0.2, -0.15) is 0 Å². The van der Waals surface area contributed by atoms with Crippen molar-refractivity contribution in [3.05, 3.63) is 35.1 Å². The Morgan fingerprint density at radius 1 is 0.833 bits per heavy atom. The van der Waals surface area contributed by atoms with E-state index in [1.54, 1.807) is 0 Å². The molecule has 0 aliphatic heterocycles. The summed E-state index contributed by atoms with van der Waals surface area (Å²) < 4.78 is 40.7. The van der Waals surface area contributed by atoms with Gasteiger partial charge in [-0.3, -0.25) is 0 Å². The molecule has 2 aliphatic rings. The van der Waals surface area contributed by atoms with Gasteiger partial charge in [0.15, 0.2) is 17.5 Å². The van der Waals surface area contributed by atoms with E-state index in [0.29, 0.717) is 17.4 Å². The number of hydrogen-bond acceptors (Lipinski definition) is 0. The van der Waals surface area contributed by atoms with Gasteiger partial charge in [0.2, 0.25) is 0 Å². The van der Waals surface area contributed by atoms with Gasteiger partial charge in [0.25, 0.3) is 0 Å². The van der Waals surface area contributed by atoms with Crippen LogP contribution in [0.5, 0.6) is 0 Å². The van der Waals surface area contributed by atoms with Gasteiger partial charge in [0.05, 0.1) is 0 Å². The lowest BCUT2D eigenvalue weighted by Gasteiger charge is -2.48. The van der Waals surface area contributed by atoms with Crippen molar-refractivity contribution in [2.24, 2.45) is 17.3 Å². The summed E-state index contributed by atoms with van der Waals surface area (Å²) in [6, 6.07) is 2.41. The molecule has 0 heterocycles. The molecule has 0 atom stereocenters. The summed E-state index contributed by atoms with van der Waals surface area (Å²) in [6.07, 6.45) is 21.6. The van der Waals surface area contributed by atoms with Crippen LogP contribution in [0.15, 0.2) is 12.1 Å². The second-order valence-corrected chi connectivity index (χ2v) is 10.2. The highest BCUT2D eigenvalue weighted by molar-refractivity contribution is 5.20. The highest BCUT2D eigenvalue weighted by Crippen LogP contribution is 2.52. The third kappa shape index (κ3) is 6.26. The highest BCUT2D eigenvalue weighted by atomic mass is 19.2. The number of halogens is 3. The molecule has 30 heavy (non-hydrogen) atoms. The molecule has 0 radical (unpaired) electrons. The van der Waals surface area contributed by atoms with E-state index in [-0.39, 0.29) is 0 Å². The normalized spacial score (nSPS) is 25.5. The second-order valence-electron chi connectivity index (χ2n) is 10.2. The van der Waals surface area contributed by atoms with Crippen molar-refractivity contribution in [2.75, 3.05) is 0 Å². The van der Waals surface area contributed by atoms with Crippen LogP contribution >= 0.6 is 0 Å². The Morgan fingerprint density at radius 2 is 1.47 bits per heavy atom. The van der Waals surface area contributed by atoms with E-state index in [4.69, 9.17) is 0 Å². The predicted molar refractivity (Wildman–Crippen MR) is 119 cm³/mol. The van der Waals surface area contributed by atoms with Gasteiger partial charge in [-0.05, 0) is 86.3 Å². The Balaban J connectivity index is 1.59. The average molecular weight is 423 g/mol.